The predicted octanol–water partition coefficient (Wildman–Crippen LogP) is 4.22. The molecule has 0 bridgehead atoms. The van der Waals surface area contributed by atoms with Gasteiger partial charge in [0.1, 0.15) is 5.75 Å². The highest BCUT2D eigenvalue weighted by molar-refractivity contribution is 6.00. The van der Waals surface area contributed by atoms with E-state index in [4.69, 9.17) is 5.11 Å². The lowest BCUT2D eigenvalue weighted by Crippen LogP contribution is -2.39. The third-order valence-corrected chi connectivity index (χ3v) is 4.10. The van der Waals surface area contributed by atoms with E-state index in [0.717, 1.165) is 11.0 Å². The summed E-state index contributed by atoms with van der Waals surface area (Å²) in [6.45, 7) is -1.75. The molecule has 1 aliphatic rings. The Hall–Kier alpha value is -2.46. The standard InChI is InChI=1S/C16H15F6NO4/c17-15(18,19)8-27-12-7-10(16(20,21)22)1-2-11(12)13(24)9-3-5-23(6-4-9)14(25)26/h1-2,7,9H,3-6,8H2,(H,25,26). The zero-order valence-electron chi connectivity index (χ0n) is 13.7. The predicted molar refractivity (Wildman–Crippen MR) is 79.6 cm³/mol. The molecule has 1 aliphatic heterocycles. The number of piperidine rings is 1. The Morgan fingerprint density at radius 1 is 1.11 bits per heavy atom. The van der Waals surface area contributed by atoms with Crippen LogP contribution in [0.4, 0.5) is 31.1 Å². The molecule has 1 amide bonds. The first-order valence-electron chi connectivity index (χ1n) is 7.81. The molecule has 2 rings (SSSR count). The average Bonchev–Trinajstić information content (AvgIpc) is 2.57. The second kappa shape index (κ2) is 7.65. The van der Waals surface area contributed by atoms with E-state index >= 15 is 0 Å². The number of hydrogen-bond donors (Lipinski definition) is 1. The fourth-order valence-corrected chi connectivity index (χ4v) is 2.73. The van der Waals surface area contributed by atoms with Crippen molar-refractivity contribution in [3.63, 3.8) is 0 Å². The van der Waals surface area contributed by atoms with Gasteiger partial charge in [-0.25, -0.2) is 4.79 Å². The number of benzene rings is 1. The highest BCUT2D eigenvalue weighted by Crippen LogP contribution is 2.35. The van der Waals surface area contributed by atoms with Crippen molar-refractivity contribution >= 4 is 11.9 Å². The molecule has 5 nitrogen and oxygen atoms in total. The normalized spacial score (nSPS) is 16.3. The fourth-order valence-electron chi connectivity index (χ4n) is 2.73. The van der Waals surface area contributed by atoms with Gasteiger partial charge in [-0.3, -0.25) is 4.79 Å². The van der Waals surface area contributed by atoms with Gasteiger partial charge in [-0.2, -0.15) is 26.3 Å². The van der Waals surface area contributed by atoms with Crippen LogP contribution in [0.15, 0.2) is 18.2 Å². The van der Waals surface area contributed by atoms with Crippen molar-refractivity contribution in [1.29, 1.82) is 0 Å². The minimum atomic E-state index is -4.81. The van der Waals surface area contributed by atoms with Crippen molar-refractivity contribution in [2.45, 2.75) is 25.2 Å². The molecule has 0 spiro atoms. The largest absolute Gasteiger partial charge is 0.483 e. The van der Waals surface area contributed by atoms with Crippen LogP contribution in [0, 0.1) is 5.92 Å². The summed E-state index contributed by atoms with van der Waals surface area (Å²) in [5.74, 6) is -2.19. The molecular weight excluding hydrogens is 384 g/mol. The molecule has 27 heavy (non-hydrogen) atoms. The van der Waals surface area contributed by atoms with Gasteiger partial charge in [0.15, 0.2) is 12.4 Å². The second-order valence-electron chi connectivity index (χ2n) is 6.02. The molecule has 150 valence electrons. The Morgan fingerprint density at radius 3 is 2.19 bits per heavy atom. The molecule has 0 saturated carbocycles. The number of nitrogens with zero attached hydrogens (tertiary/aromatic N) is 1. The van der Waals surface area contributed by atoms with Crippen LogP contribution in [0.1, 0.15) is 28.8 Å². The Kier molecular flexibility index (Phi) is 5.91. The molecule has 11 heteroatoms. The summed E-state index contributed by atoms with van der Waals surface area (Å²) >= 11 is 0. The minimum absolute atomic E-state index is 0.0467. The molecular formula is C16H15F6NO4. The summed E-state index contributed by atoms with van der Waals surface area (Å²) < 4.78 is 80.1. The van der Waals surface area contributed by atoms with E-state index in [1.54, 1.807) is 0 Å². The summed E-state index contributed by atoms with van der Waals surface area (Å²) in [5, 5.41) is 8.89. The highest BCUT2D eigenvalue weighted by atomic mass is 19.4. The maximum absolute atomic E-state index is 12.8. The molecule has 1 aromatic rings. The summed E-state index contributed by atoms with van der Waals surface area (Å²) in [6.07, 6.45) is -10.5. The van der Waals surface area contributed by atoms with Crippen molar-refractivity contribution in [2.24, 2.45) is 5.92 Å². The van der Waals surface area contributed by atoms with E-state index in [0.29, 0.717) is 12.1 Å². The number of hydrogen-bond acceptors (Lipinski definition) is 3. The van der Waals surface area contributed by atoms with Crippen molar-refractivity contribution in [3.8, 4) is 5.75 Å². The number of rotatable bonds is 4. The van der Waals surface area contributed by atoms with E-state index in [-0.39, 0.29) is 31.5 Å². The van der Waals surface area contributed by atoms with E-state index in [1.165, 1.54) is 0 Å². The Morgan fingerprint density at radius 2 is 1.70 bits per heavy atom. The quantitative estimate of drug-likeness (QED) is 0.608. The number of ether oxygens (including phenoxy) is 1. The maximum Gasteiger partial charge on any atom is 0.422 e. The smallest absolute Gasteiger partial charge is 0.422 e. The SMILES string of the molecule is O=C(c1ccc(C(F)(F)F)cc1OCC(F)(F)F)C1CCN(C(=O)O)CC1. The second-order valence-corrected chi connectivity index (χ2v) is 6.02. The van der Waals surface area contributed by atoms with Crippen molar-refractivity contribution in [3.05, 3.63) is 29.3 Å². The van der Waals surface area contributed by atoms with Gasteiger partial charge in [0.2, 0.25) is 0 Å². The summed E-state index contributed by atoms with van der Waals surface area (Å²) in [6, 6.07) is 1.76. The van der Waals surface area contributed by atoms with E-state index in [1.807, 2.05) is 0 Å². The fraction of sp³-hybridized carbons (Fsp3) is 0.500. The van der Waals surface area contributed by atoms with E-state index in [9.17, 15) is 35.9 Å². The number of amides is 1. The van der Waals surface area contributed by atoms with Crippen LogP contribution in [0.5, 0.6) is 5.75 Å². The third-order valence-electron chi connectivity index (χ3n) is 4.10. The lowest BCUT2D eigenvalue weighted by Gasteiger charge is -2.29. The molecule has 0 aromatic heterocycles. The van der Waals surface area contributed by atoms with Crippen molar-refractivity contribution in [2.75, 3.05) is 19.7 Å². The molecule has 0 atom stereocenters. The molecule has 0 unspecified atom stereocenters. The minimum Gasteiger partial charge on any atom is -0.483 e. The number of carboxylic acid groups (broad SMARTS) is 1. The van der Waals surface area contributed by atoms with Crippen LogP contribution in [-0.4, -0.2) is 47.8 Å². The Balaban J connectivity index is 2.26. The van der Waals surface area contributed by atoms with Gasteiger partial charge in [0.25, 0.3) is 0 Å². The Bertz CT molecular complexity index is 708. The number of halogens is 6. The highest BCUT2D eigenvalue weighted by Gasteiger charge is 2.35. The first-order chi connectivity index (χ1) is 12.4. The molecule has 1 N–H and O–H groups in total. The number of Topliss-reactive ketones (excluding diaryl/α,β-unsaturated/α-hetero) is 1. The molecule has 1 heterocycles. The van der Waals surface area contributed by atoms with Gasteiger partial charge in [-0.15, -0.1) is 0 Å². The van der Waals surface area contributed by atoms with Crippen LogP contribution in [0.3, 0.4) is 0 Å². The van der Waals surface area contributed by atoms with E-state index < -0.39 is 48.1 Å². The van der Waals surface area contributed by atoms with Gasteiger partial charge in [0, 0.05) is 19.0 Å². The number of alkyl halides is 6. The topological polar surface area (TPSA) is 66.8 Å². The first kappa shape index (κ1) is 20.8. The van der Waals surface area contributed by atoms with Gasteiger partial charge < -0.3 is 14.7 Å². The molecule has 1 fully saturated rings. The van der Waals surface area contributed by atoms with Gasteiger partial charge in [-0.05, 0) is 31.0 Å². The number of carbonyl (C=O) groups is 2. The maximum atomic E-state index is 12.8. The number of likely N-dealkylation sites (tertiary alicyclic amines) is 1. The first-order valence-corrected chi connectivity index (χ1v) is 7.81. The van der Waals surface area contributed by atoms with Gasteiger partial charge in [-0.1, -0.05) is 0 Å². The molecule has 1 saturated heterocycles. The molecule has 1 aromatic carbocycles. The third kappa shape index (κ3) is 5.51. The van der Waals surface area contributed by atoms with Crippen LogP contribution in [0.2, 0.25) is 0 Å². The lowest BCUT2D eigenvalue weighted by atomic mass is 9.88. The van der Waals surface area contributed by atoms with Gasteiger partial charge >= 0.3 is 18.4 Å². The molecule has 0 aliphatic carbocycles. The van der Waals surface area contributed by atoms with Crippen molar-refractivity contribution < 1.29 is 45.8 Å². The van der Waals surface area contributed by atoms with Crippen LogP contribution in [-0.2, 0) is 6.18 Å². The number of ketones is 1. The van der Waals surface area contributed by atoms with Crippen LogP contribution >= 0.6 is 0 Å². The monoisotopic (exact) mass is 399 g/mol. The van der Waals surface area contributed by atoms with Crippen LogP contribution < -0.4 is 4.74 Å². The van der Waals surface area contributed by atoms with Crippen molar-refractivity contribution in [1.82, 2.24) is 4.90 Å². The summed E-state index contributed by atoms with van der Waals surface area (Å²) in [7, 11) is 0. The summed E-state index contributed by atoms with van der Waals surface area (Å²) in [5.41, 5.74) is -1.63. The zero-order valence-corrected chi connectivity index (χ0v) is 13.7. The zero-order chi connectivity index (χ0) is 20.4. The Labute approximate surface area is 149 Å². The van der Waals surface area contributed by atoms with Crippen LogP contribution in [0.25, 0.3) is 0 Å². The van der Waals surface area contributed by atoms with E-state index in [2.05, 4.69) is 4.74 Å². The van der Waals surface area contributed by atoms with Gasteiger partial charge in [0.05, 0.1) is 11.1 Å². The average molecular weight is 399 g/mol. The summed E-state index contributed by atoms with van der Waals surface area (Å²) in [4.78, 5) is 24.5. The number of carbonyl (C=O) groups excluding carboxylic acids is 1. The lowest BCUT2D eigenvalue weighted by molar-refractivity contribution is -0.153. The molecule has 0 radical (unpaired) electrons.